The minimum absolute atomic E-state index is 0.0297. The maximum absolute atomic E-state index is 14.3. The van der Waals surface area contributed by atoms with Gasteiger partial charge in [0.25, 0.3) is 0 Å². The number of carbonyl (C=O) groups excluding carboxylic acids is 1. The largest absolute Gasteiger partial charge is 0.573 e. The lowest BCUT2D eigenvalue weighted by Crippen LogP contribution is -2.56. The molecule has 2 aromatic rings. The second-order valence-corrected chi connectivity index (χ2v) is 8.97. The van der Waals surface area contributed by atoms with Crippen LogP contribution in [0.1, 0.15) is 24.8 Å². The molecule has 1 aliphatic carbocycles. The lowest BCUT2D eigenvalue weighted by Gasteiger charge is -2.43. The molecule has 0 radical (unpaired) electrons. The zero-order valence-electron chi connectivity index (χ0n) is 19.6. The van der Waals surface area contributed by atoms with E-state index >= 15 is 0 Å². The Balaban J connectivity index is 1.46. The molecule has 2 N–H and O–H groups in total. The molecule has 2 amide bonds. The third kappa shape index (κ3) is 6.65. The molecule has 1 saturated heterocycles. The van der Waals surface area contributed by atoms with Gasteiger partial charge in [-0.25, -0.2) is 19.0 Å². The minimum Gasteiger partial charge on any atom is -0.406 e. The summed E-state index contributed by atoms with van der Waals surface area (Å²) in [5.41, 5.74) is -0.436. The molecule has 9 nitrogen and oxygen atoms in total. The number of piperidine rings is 1. The molecule has 1 saturated carbocycles. The zero-order valence-corrected chi connectivity index (χ0v) is 19.6. The molecule has 2 aliphatic rings. The predicted octanol–water partition coefficient (Wildman–Crippen LogP) is 3.02. The Kier molecular flexibility index (Phi) is 7.67. The number of hydrogen-bond donors (Lipinski definition) is 2. The van der Waals surface area contributed by atoms with E-state index in [0.29, 0.717) is 38.0 Å². The molecule has 2 atom stereocenters. The van der Waals surface area contributed by atoms with E-state index in [1.54, 1.807) is 18.1 Å². The van der Waals surface area contributed by atoms with Gasteiger partial charge in [-0.1, -0.05) is 6.07 Å². The van der Waals surface area contributed by atoms with Gasteiger partial charge in [-0.2, -0.15) is 0 Å². The van der Waals surface area contributed by atoms with Gasteiger partial charge in [-0.3, -0.25) is 4.98 Å². The number of nitrogens with one attached hydrogen (secondary N) is 2. The van der Waals surface area contributed by atoms with Crippen LogP contribution < -0.4 is 20.6 Å². The molecule has 2 fully saturated rings. The van der Waals surface area contributed by atoms with Crippen molar-refractivity contribution in [1.82, 2.24) is 20.2 Å². The smallest absolute Gasteiger partial charge is 0.406 e. The van der Waals surface area contributed by atoms with Crippen molar-refractivity contribution >= 4 is 11.8 Å². The second kappa shape index (κ2) is 10.7. The Bertz CT molecular complexity index is 1120. The van der Waals surface area contributed by atoms with Crippen LogP contribution in [0, 0.1) is 11.7 Å². The Morgan fingerprint density at radius 2 is 2.03 bits per heavy atom. The number of anilines is 1. The molecule has 1 aliphatic heterocycles. The van der Waals surface area contributed by atoms with Crippen molar-refractivity contribution in [2.45, 2.75) is 44.3 Å². The highest BCUT2D eigenvalue weighted by Crippen LogP contribution is 2.34. The summed E-state index contributed by atoms with van der Waals surface area (Å²) in [5, 5.41) is 2.70. The van der Waals surface area contributed by atoms with E-state index in [1.807, 2.05) is 4.90 Å². The van der Waals surface area contributed by atoms with Crippen LogP contribution in [0.5, 0.6) is 5.75 Å². The van der Waals surface area contributed by atoms with E-state index in [1.165, 1.54) is 6.20 Å². The minimum atomic E-state index is -4.93. The molecular formula is C23H27F4N5O4. The van der Waals surface area contributed by atoms with Crippen LogP contribution in [-0.2, 0) is 11.3 Å². The fraction of sp³-hybridized carbons (Fsp3) is 0.522. The first kappa shape index (κ1) is 25.7. The summed E-state index contributed by atoms with van der Waals surface area (Å²) in [7, 11) is 1.60. The summed E-state index contributed by atoms with van der Waals surface area (Å²) in [6.45, 7) is 1.37. The number of carbonyl (C=O) groups is 1. The van der Waals surface area contributed by atoms with Gasteiger partial charge in [0.15, 0.2) is 0 Å². The van der Waals surface area contributed by atoms with Crippen LogP contribution in [0.4, 0.5) is 28.2 Å². The summed E-state index contributed by atoms with van der Waals surface area (Å²) in [6, 6.07) is 3.92. The van der Waals surface area contributed by atoms with Gasteiger partial charge in [0.1, 0.15) is 17.4 Å². The third-order valence-corrected chi connectivity index (χ3v) is 6.17. The Hall–Kier alpha value is -3.35. The first-order valence-electron chi connectivity index (χ1n) is 11.5. The van der Waals surface area contributed by atoms with Gasteiger partial charge in [0.2, 0.25) is 0 Å². The molecule has 0 bridgehead atoms. The molecule has 2 heterocycles. The highest BCUT2D eigenvalue weighted by atomic mass is 19.4. The summed E-state index contributed by atoms with van der Waals surface area (Å²) >= 11 is 0. The van der Waals surface area contributed by atoms with Crippen molar-refractivity contribution in [2.24, 2.45) is 5.92 Å². The highest BCUT2D eigenvalue weighted by Gasteiger charge is 2.41. The summed E-state index contributed by atoms with van der Waals surface area (Å²) < 4.78 is 60.5. The lowest BCUT2D eigenvalue weighted by molar-refractivity contribution is -0.274. The zero-order chi connectivity index (χ0) is 25.9. The molecular weight excluding hydrogens is 486 g/mol. The SMILES string of the molecule is COC[C@H]1C[C@@H](N(C(=O)NCc2ccc(OC(F)(F)F)cc2F)C2CC2)CN(c2ccnc(=O)[nH]2)C1. The number of hydrogen-bond acceptors (Lipinski definition) is 6. The fourth-order valence-corrected chi connectivity index (χ4v) is 4.59. The van der Waals surface area contributed by atoms with E-state index in [0.717, 1.165) is 25.0 Å². The van der Waals surface area contributed by atoms with Crippen LogP contribution in [0.15, 0.2) is 35.3 Å². The van der Waals surface area contributed by atoms with E-state index in [-0.39, 0.29) is 30.1 Å². The maximum atomic E-state index is 14.3. The van der Waals surface area contributed by atoms with E-state index in [4.69, 9.17) is 4.74 Å². The standard InChI is InChI=1S/C23H27F4N5O4/c1-35-13-14-8-17(12-31(11-14)20-6-7-28-21(33)30-20)32(16-3-4-16)22(34)29-10-15-2-5-18(9-19(15)24)36-23(25,26)27/h2,5-7,9,14,16-17H,3-4,8,10-13H2,1H3,(H,29,34)(H,28,30,33)/t14-,17+/m0/s1. The number of halogens is 4. The quantitative estimate of drug-likeness (QED) is 0.527. The van der Waals surface area contributed by atoms with Crippen molar-refractivity contribution in [3.8, 4) is 5.75 Å². The second-order valence-electron chi connectivity index (χ2n) is 8.97. The number of ether oxygens (including phenoxy) is 2. The van der Waals surface area contributed by atoms with Crippen LogP contribution in [0.2, 0.25) is 0 Å². The van der Waals surface area contributed by atoms with Crippen LogP contribution in [0.3, 0.4) is 0 Å². The number of methoxy groups -OCH3 is 1. The van der Waals surface area contributed by atoms with Gasteiger partial charge in [-0.05, 0) is 31.4 Å². The van der Waals surface area contributed by atoms with Gasteiger partial charge < -0.3 is 24.6 Å². The Morgan fingerprint density at radius 1 is 1.25 bits per heavy atom. The molecule has 13 heteroatoms. The predicted molar refractivity (Wildman–Crippen MR) is 121 cm³/mol. The number of aromatic nitrogens is 2. The summed E-state index contributed by atoms with van der Waals surface area (Å²) in [4.78, 5) is 35.1. The molecule has 0 spiro atoms. The van der Waals surface area contributed by atoms with E-state index < -0.39 is 29.6 Å². The number of rotatable bonds is 8. The molecule has 4 rings (SSSR count). The van der Waals surface area contributed by atoms with Crippen molar-refractivity contribution in [3.63, 3.8) is 0 Å². The van der Waals surface area contributed by atoms with E-state index in [2.05, 4.69) is 20.0 Å². The molecule has 1 aromatic carbocycles. The first-order chi connectivity index (χ1) is 17.1. The van der Waals surface area contributed by atoms with Gasteiger partial charge in [-0.15, -0.1) is 13.2 Å². The topological polar surface area (TPSA) is 99.8 Å². The fourth-order valence-electron chi connectivity index (χ4n) is 4.59. The maximum Gasteiger partial charge on any atom is 0.573 e. The van der Waals surface area contributed by atoms with E-state index in [9.17, 15) is 27.2 Å². The van der Waals surface area contributed by atoms with Crippen molar-refractivity contribution in [1.29, 1.82) is 0 Å². The van der Waals surface area contributed by atoms with Gasteiger partial charge in [0.05, 0.1) is 12.6 Å². The van der Waals surface area contributed by atoms with Crippen molar-refractivity contribution in [2.75, 3.05) is 31.7 Å². The summed E-state index contributed by atoms with van der Waals surface area (Å²) in [6.07, 6.45) is -1.15. The Labute approximate surface area is 204 Å². The Morgan fingerprint density at radius 3 is 2.67 bits per heavy atom. The van der Waals surface area contributed by atoms with Crippen LogP contribution >= 0.6 is 0 Å². The van der Waals surface area contributed by atoms with Crippen LogP contribution in [0.25, 0.3) is 0 Å². The van der Waals surface area contributed by atoms with Crippen molar-refractivity contribution in [3.05, 3.63) is 52.3 Å². The normalized spacial score (nSPS) is 20.2. The number of H-pyrrole nitrogens is 1. The number of amides is 2. The number of urea groups is 1. The molecule has 0 unspecified atom stereocenters. The van der Waals surface area contributed by atoms with Gasteiger partial charge >= 0.3 is 18.1 Å². The number of benzene rings is 1. The first-order valence-corrected chi connectivity index (χ1v) is 11.5. The third-order valence-electron chi connectivity index (χ3n) is 6.17. The molecule has 36 heavy (non-hydrogen) atoms. The number of nitrogens with zero attached hydrogens (tertiary/aromatic N) is 3. The lowest BCUT2D eigenvalue weighted by atomic mass is 9.93. The monoisotopic (exact) mass is 513 g/mol. The highest BCUT2D eigenvalue weighted by molar-refractivity contribution is 5.75. The molecule has 196 valence electrons. The number of aromatic amines is 1. The van der Waals surface area contributed by atoms with Crippen molar-refractivity contribution < 1.29 is 31.8 Å². The average Bonchev–Trinajstić information content (AvgIpc) is 3.63. The molecule has 1 aromatic heterocycles. The summed E-state index contributed by atoms with van der Waals surface area (Å²) in [5.74, 6) is -0.894. The van der Waals surface area contributed by atoms with Crippen LogP contribution in [-0.4, -0.2) is 66.2 Å². The number of alkyl halides is 3. The average molecular weight is 513 g/mol. The van der Waals surface area contributed by atoms with Gasteiger partial charge in [0, 0.05) is 56.5 Å².